The smallest absolute Gasteiger partial charge is 0.217 e. The fourth-order valence-electron chi connectivity index (χ4n) is 2.11. The van der Waals surface area contributed by atoms with E-state index in [2.05, 4.69) is 10.3 Å². The van der Waals surface area contributed by atoms with Gasteiger partial charge in [0.15, 0.2) is 0 Å². The van der Waals surface area contributed by atoms with Gasteiger partial charge in [0, 0.05) is 13.1 Å². The molecule has 0 aromatic carbocycles. The number of hydrogen-bond donors (Lipinski definition) is 4. The Bertz CT molecular complexity index is 475. The SMILES string of the molecule is CC(=O)N[C@@H]1[C@@H](O)[C@H](O)[C@@H](CO)O[C@H]1Sc1ccccn1. The van der Waals surface area contributed by atoms with Crippen molar-refractivity contribution in [3.05, 3.63) is 24.4 Å². The molecule has 0 radical (unpaired) electrons. The summed E-state index contributed by atoms with van der Waals surface area (Å²) in [6, 6.07) is 4.55. The van der Waals surface area contributed by atoms with Crippen LogP contribution < -0.4 is 5.32 Å². The van der Waals surface area contributed by atoms with Crippen LogP contribution in [0.3, 0.4) is 0 Å². The Balaban J connectivity index is 2.18. The Morgan fingerprint density at radius 3 is 2.76 bits per heavy atom. The van der Waals surface area contributed by atoms with Crippen molar-refractivity contribution in [3.8, 4) is 0 Å². The Kier molecular flexibility index (Phi) is 5.54. The maximum Gasteiger partial charge on any atom is 0.217 e. The lowest BCUT2D eigenvalue weighted by Gasteiger charge is -2.42. The van der Waals surface area contributed by atoms with Crippen molar-refractivity contribution >= 4 is 17.7 Å². The van der Waals surface area contributed by atoms with E-state index in [1.54, 1.807) is 24.4 Å². The molecule has 2 rings (SSSR count). The molecule has 7 nitrogen and oxygen atoms in total. The highest BCUT2D eigenvalue weighted by molar-refractivity contribution is 7.99. The summed E-state index contributed by atoms with van der Waals surface area (Å²) in [5.41, 5.74) is -0.667. The fraction of sp³-hybridized carbons (Fsp3) is 0.538. The molecule has 0 aliphatic carbocycles. The van der Waals surface area contributed by atoms with Gasteiger partial charge in [-0.25, -0.2) is 4.98 Å². The number of nitrogens with zero attached hydrogens (tertiary/aromatic N) is 1. The first kappa shape index (κ1) is 16.2. The van der Waals surface area contributed by atoms with Crippen molar-refractivity contribution < 1.29 is 24.9 Å². The number of aliphatic hydroxyl groups is 3. The highest BCUT2D eigenvalue weighted by Crippen LogP contribution is 2.32. The molecule has 4 N–H and O–H groups in total. The van der Waals surface area contributed by atoms with Crippen LogP contribution in [0.2, 0.25) is 0 Å². The van der Waals surface area contributed by atoms with E-state index < -0.39 is 36.4 Å². The molecule has 21 heavy (non-hydrogen) atoms. The molecule has 2 heterocycles. The number of rotatable bonds is 4. The maximum atomic E-state index is 11.3. The Morgan fingerprint density at radius 1 is 1.43 bits per heavy atom. The molecule has 0 bridgehead atoms. The lowest BCUT2D eigenvalue weighted by Crippen LogP contribution is -2.63. The predicted octanol–water partition coefficient (Wildman–Crippen LogP) is -0.883. The average molecular weight is 314 g/mol. The summed E-state index contributed by atoms with van der Waals surface area (Å²) in [6.07, 6.45) is -1.80. The number of nitrogens with one attached hydrogen (secondary N) is 1. The molecule has 1 aliphatic rings. The molecule has 8 heteroatoms. The monoisotopic (exact) mass is 314 g/mol. The van der Waals surface area contributed by atoms with Crippen LogP contribution in [0.1, 0.15) is 6.92 Å². The van der Waals surface area contributed by atoms with Gasteiger partial charge >= 0.3 is 0 Å². The molecule has 1 fully saturated rings. The van der Waals surface area contributed by atoms with E-state index in [4.69, 9.17) is 4.74 Å². The minimum atomic E-state index is -1.27. The Labute approximate surface area is 126 Å². The number of thioether (sulfide) groups is 1. The molecule has 0 saturated carbocycles. The third kappa shape index (κ3) is 3.92. The van der Waals surface area contributed by atoms with Gasteiger partial charge in [0.25, 0.3) is 0 Å². The second-order valence-electron chi connectivity index (χ2n) is 4.72. The predicted molar refractivity (Wildman–Crippen MR) is 75.5 cm³/mol. The van der Waals surface area contributed by atoms with Gasteiger partial charge in [-0.15, -0.1) is 0 Å². The summed E-state index contributed by atoms with van der Waals surface area (Å²) in [7, 11) is 0. The molecule has 0 spiro atoms. The van der Waals surface area contributed by atoms with Crippen molar-refractivity contribution in [2.45, 2.75) is 41.7 Å². The van der Waals surface area contributed by atoms with Gasteiger partial charge < -0.3 is 25.4 Å². The minimum absolute atomic E-state index is 0.344. The standard InChI is InChI=1S/C13H18N2O5S/c1-7(17)15-10-12(19)11(18)8(6-16)20-13(10)21-9-4-2-3-5-14-9/h2-5,8,10-13,16,18-19H,6H2,1H3,(H,15,17)/t8-,10-,11-,12-,13+/m1/s1. The summed E-state index contributed by atoms with van der Waals surface area (Å²) in [5.74, 6) is -0.344. The van der Waals surface area contributed by atoms with Crippen molar-refractivity contribution in [1.82, 2.24) is 10.3 Å². The second-order valence-corrected chi connectivity index (χ2v) is 5.84. The zero-order valence-electron chi connectivity index (χ0n) is 11.4. The number of ether oxygens (including phenoxy) is 1. The lowest BCUT2D eigenvalue weighted by atomic mass is 9.98. The van der Waals surface area contributed by atoms with Crippen molar-refractivity contribution in [2.75, 3.05) is 6.61 Å². The molecule has 1 aromatic heterocycles. The Hall–Kier alpha value is -1.19. The molecule has 5 atom stereocenters. The first-order chi connectivity index (χ1) is 10.0. The highest BCUT2D eigenvalue weighted by atomic mass is 32.2. The first-order valence-electron chi connectivity index (χ1n) is 6.50. The van der Waals surface area contributed by atoms with Crippen molar-refractivity contribution in [1.29, 1.82) is 0 Å². The second kappa shape index (κ2) is 7.19. The molecule has 116 valence electrons. The van der Waals surface area contributed by atoms with Crippen LogP contribution in [0.15, 0.2) is 29.4 Å². The van der Waals surface area contributed by atoms with Crippen LogP contribution in [0.4, 0.5) is 0 Å². The fourth-order valence-corrected chi connectivity index (χ4v) is 3.20. The van der Waals surface area contributed by atoms with Crippen LogP contribution in [0.5, 0.6) is 0 Å². The summed E-state index contributed by atoms with van der Waals surface area (Å²) in [6.45, 7) is 0.893. The molecule has 1 aromatic rings. The average Bonchev–Trinajstić information content (AvgIpc) is 2.47. The number of carbonyl (C=O) groups is 1. The number of amides is 1. The molecular weight excluding hydrogens is 296 g/mol. The zero-order valence-corrected chi connectivity index (χ0v) is 12.2. The quantitative estimate of drug-likeness (QED) is 0.571. The number of carbonyl (C=O) groups excluding carboxylic acids is 1. The molecular formula is C13H18N2O5S. The van der Waals surface area contributed by atoms with Gasteiger partial charge in [-0.05, 0) is 12.1 Å². The van der Waals surface area contributed by atoms with E-state index in [0.29, 0.717) is 5.03 Å². The Morgan fingerprint density at radius 2 is 2.19 bits per heavy atom. The van der Waals surface area contributed by atoms with E-state index in [1.165, 1.54) is 18.7 Å². The van der Waals surface area contributed by atoms with Crippen molar-refractivity contribution in [3.63, 3.8) is 0 Å². The number of aliphatic hydroxyl groups excluding tert-OH is 3. The first-order valence-corrected chi connectivity index (χ1v) is 7.38. The molecule has 0 unspecified atom stereocenters. The molecule has 1 saturated heterocycles. The summed E-state index contributed by atoms with van der Waals surface area (Å²) >= 11 is 1.21. The topological polar surface area (TPSA) is 112 Å². The minimum Gasteiger partial charge on any atom is -0.394 e. The van der Waals surface area contributed by atoms with Gasteiger partial charge in [-0.2, -0.15) is 0 Å². The van der Waals surface area contributed by atoms with Crippen molar-refractivity contribution in [2.24, 2.45) is 0 Å². The van der Waals surface area contributed by atoms with Crippen LogP contribution in [0, 0.1) is 0 Å². The van der Waals surface area contributed by atoms with Gasteiger partial charge in [0.2, 0.25) is 5.91 Å². The third-order valence-corrected chi connectivity index (χ3v) is 4.25. The van der Waals surface area contributed by atoms with E-state index in [-0.39, 0.29) is 5.91 Å². The number of pyridine rings is 1. The van der Waals surface area contributed by atoms with Crippen LogP contribution in [0.25, 0.3) is 0 Å². The van der Waals surface area contributed by atoms with Crippen LogP contribution >= 0.6 is 11.8 Å². The van der Waals surface area contributed by atoms with E-state index in [1.807, 2.05) is 0 Å². The number of aromatic nitrogens is 1. The summed E-state index contributed by atoms with van der Waals surface area (Å²) in [5, 5.41) is 32.5. The third-order valence-electron chi connectivity index (χ3n) is 3.13. The number of hydrogen-bond acceptors (Lipinski definition) is 7. The normalized spacial score (nSPS) is 32.7. The van der Waals surface area contributed by atoms with Gasteiger partial charge in [0.1, 0.15) is 23.7 Å². The van der Waals surface area contributed by atoms with E-state index in [9.17, 15) is 20.1 Å². The largest absolute Gasteiger partial charge is 0.394 e. The molecule has 1 aliphatic heterocycles. The molecule has 1 amide bonds. The van der Waals surface area contributed by atoms with Crippen LogP contribution in [-0.2, 0) is 9.53 Å². The van der Waals surface area contributed by atoms with Gasteiger partial charge in [-0.3, -0.25) is 4.79 Å². The zero-order chi connectivity index (χ0) is 15.4. The van der Waals surface area contributed by atoms with Gasteiger partial charge in [0.05, 0.1) is 17.7 Å². The van der Waals surface area contributed by atoms with E-state index in [0.717, 1.165) is 0 Å². The summed E-state index contributed by atoms with van der Waals surface area (Å²) in [4.78, 5) is 15.4. The van der Waals surface area contributed by atoms with Gasteiger partial charge in [-0.1, -0.05) is 17.8 Å². The van der Waals surface area contributed by atoms with E-state index >= 15 is 0 Å². The lowest BCUT2D eigenvalue weighted by molar-refractivity contribution is -0.173. The highest BCUT2D eigenvalue weighted by Gasteiger charge is 2.45. The maximum absolute atomic E-state index is 11.3. The van der Waals surface area contributed by atoms with Crippen LogP contribution in [-0.4, -0.2) is 62.6 Å². The summed E-state index contributed by atoms with van der Waals surface area (Å²) < 4.78 is 5.58.